The van der Waals surface area contributed by atoms with E-state index in [1.54, 1.807) is 0 Å². The molecule has 0 spiro atoms. The Morgan fingerprint density at radius 1 is 1.10 bits per heavy atom. The van der Waals surface area contributed by atoms with Crippen LogP contribution >= 0.6 is 0 Å². The third-order valence-electron chi connectivity index (χ3n) is 7.01. The van der Waals surface area contributed by atoms with Gasteiger partial charge in [-0.1, -0.05) is 30.3 Å². The molecule has 2 aromatic carbocycles. The summed E-state index contributed by atoms with van der Waals surface area (Å²) in [4.78, 5) is 18.0. The van der Waals surface area contributed by atoms with E-state index in [1.807, 2.05) is 41.1 Å². The first-order valence-corrected chi connectivity index (χ1v) is 11.3. The summed E-state index contributed by atoms with van der Waals surface area (Å²) in [5.74, 6) is 0.387. The Bertz CT molecular complexity index is 1080. The number of benzene rings is 2. The Morgan fingerprint density at radius 2 is 1.90 bits per heavy atom. The van der Waals surface area contributed by atoms with Crippen molar-refractivity contribution in [2.75, 3.05) is 26.2 Å². The zero-order valence-electron chi connectivity index (χ0n) is 18.0. The Morgan fingerprint density at radius 3 is 2.74 bits per heavy atom. The Hall–Kier alpha value is -2.73. The SMILES string of the molecule is CC(C1CCCN(CCc2ccc(F)cc2)C1)N1CCn2nc3ccccc3c2C1=O. The summed E-state index contributed by atoms with van der Waals surface area (Å²) < 4.78 is 15.0. The standard InChI is InChI=1S/C25H29FN4O/c1-18(20-5-4-13-28(17-20)14-12-19-8-10-21(26)11-9-19)29-15-16-30-24(25(29)31)22-6-2-3-7-23(22)27-30/h2-3,6-11,18,20H,4-5,12-17H2,1H3. The minimum atomic E-state index is -0.184. The lowest BCUT2D eigenvalue weighted by Crippen LogP contribution is -2.52. The van der Waals surface area contributed by atoms with E-state index < -0.39 is 0 Å². The highest BCUT2D eigenvalue weighted by Crippen LogP contribution is 2.28. The molecule has 0 aliphatic carbocycles. The molecule has 1 aromatic heterocycles. The molecule has 0 radical (unpaired) electrons. The first-order chi connectivity index (χ1) is 15.1. The van der Waals surface area contributed by atoms with Gasteiger partial charge in [0.1, 0.15) is 11.5 Å². The third kappa shape index (κ3) is 3.97. The number of rotatable bonds is 5. The van der Waals surface area contributed by atoms with Crippen LogP contribution in [0.5, 0.6) is 0 Å². The molecule has 6 heteroatoms. The number of amides is 1. The lowest BCUT2D eigenvalue weighted by atomic mass is 9.89. The predicted molar refractivity (Wildman–Crippen MR) is 119 cm³/mol. The average molecular weight is 421 g/mol. The number of aromatic nitrogens is 2. The molecule has 31 heavy (non-hydrogen) atoms. The van der Waals surface area contributed by atoms with Crippen molar-refractivity contribution >= 4 is 16.8 Å². The minimum Gasteiger partial charge on any atom is -0.332 e. The summed E-state index contributed by atoms with van der Waals surface area (Å²) in [6.07, 6.45) is 3.23. The lowest BCUT2D eigenvalue weighted by molar-refractivity contribution is 0.0458. The molecular weight excluding hydrogens is 391 g/mol. The largest absolute Gasteiger partial charge is 0.332 e. The van der Waals surface area contributed by atoms with Gasteiger partial charge in [0.2, 0.25) is 0 Å². The van der Waals surface area contributed by atoms with Crippen molar-refractivity contribution in [3.63, 3.8) is 0 Å². The molecule has 3 aromatic rings. The molecule has 2 unspecified atom stereocenters. The lowest BCUT2D eigenvalue weighted by Gasteiger charge is -2.41. The topological polar surface area (TPSA) is 41.4 Å². The zero-order valence-corrected chi connectivity index (χ0v) is 18.0. The maximum absolute atomic E-state index is 13.4. The molecule has 162 valence electrons. The van der Waals surface area contributed by atoms with Crippen LogP contribution in [0.25, 0.3) is 10.9 Å². The molecule has 2 aliphatic heterocycles. The van der Waals surface area contributed by atoms with Gasteiger partial charge >= 0.3 is 0 Å². The van der Waals surface area contributed by atoms with E-state index in [2.05, 4.69) is 21.8 Å². The fourth-order valence-corrected chi connectivity index (χ4v) is 5.18. The molecule has 1 saturated heterocycles. The van der Waals surface area contributed by atoms with Crippen LogP contribution in [0.4, 0.5) is 4.39 Å². The highest BCUT2D eigenvalue weighted by Gasteiger charge is 2.35. The van der Waals surface area contributed by atoms with Gasteiger partial charge in [-0.15, -0.1) is 0 Å². The van der Waals surface area contributed by atoms with Crippen LogP contribution in [0, 0.1) is 11.7 Å². The first kappa shape index (κ1) is 20.2. The highest BCUT2D eigenvalue weighted by molar-refractivity contribution is 6.05. The van der Waals surface area contributed by atoms with Gasteiger partial charge in [-0.2, -0.15) is 5.10 Å². The number of halogens is 1. The van der Waals surface area contributed by atoms with Gasteiger partial charge in [0, 0.05) is 31.1 Å². The fraction of sp³-hybridized carbons (Fsp3) is 0.440. The van der Waals surface area contributed by atoms with Crippen molar-refractivity contribution in [3.8, 4) is 0 Å². The number of fused-ring (bicyclic) bond motifs is 3. The smallest absolute Gasteiger partial charge is 0.273 e. The molecule has 1 amide bonds. The van der Waals surface area contributed by atoms with Crippen LogP contribution in [0.1, 0.15) is 35.8 Å². The van der Waals surface area contributed by atoms with Crippen LogP contribution in [-0.4, -0.2) is 57.7 Å². The van der Waals surface area contributed by atoms with Crippen LogP contribution in [0.2, 0.25) is 0 Å². The fourth-order valence-electron chi connectivity index (χ4n) is 5.18. The maximum atomic E-state index is 13.4. The van der Waals surface area contributed by atoms with Crippen molar-refractivity contribution in [1.82, 2.24) is 19.6 Å². The van der Waals surface area contributed by atoms with E-state index in [-0.39, 0.29) is 17.8 Å². The summed E-state index contributed by atoms with van der Waals surface area (Å²) in [6.45, 7) is 6.75. The molecule has 1 fully saturated rings. The van der Waals surface area contributed by atoms with E-state index >= 15 is 0 Å². The number of carbonyl (C=O) groups is 1. The van der Waals surface area contributed by atoms with E-state index in [9.17, 15) is 9.18 Å². The number of hydrogen-bond donors (Lipinski definition) is 0. The number of hydrogen-bond acceptors (Lipinski definition) is 3. The summed E-state index contributed by atoms with van der Waals surface area (Å²) >= 11 is 0. The number of piperidine rings is 1. The molecule has 5 rings (SSSR count). The van der Waals surface area contributed by atoms with Crippen LogP contribution < -0.4 is 0 Å². The quantitative estimate of drug-likeness (QED) is 0.627. The van der Waals surface area contributed by atoms with Crippen LogP contribution in [0.15, 0.2) is 48.5 Å². The molecule has 3 heterocycles. The molecule has 2 aliphatic rings. The average Bonchev–Trinajstić information content (AvgIpc) is 3.18. The Kier molecular flexibility index (Phi) is 5.48. The van der Waals surface area contributed by atoms with Gasteiger partial charge in [0.15, 0.2) is 0 Å². The third-order valence-corrected chi connectivity index (χ3v) is 7.01. The molecule has 0 saturated carbocycles. The van der Waals surface area contributed by atoms with Gasteiger partial charge in [0.05, 0.1) is 12.1 Å². The molecule has 0 N–H and O–H groups in total. The van der Waals surface area contributed by atoms with Gasteiger partial charge in [-0.05, 0) is 62.4 Å². The van der Waals surface area contributed by atoms with Gasteiger partial charge in [-0.25, -0.2) is 4.39 Å². The summed E-state index contributed by atoms with van der Waals surface area (Å²) in [5.41, 5.74) is 2.80. The molecule has 5 nitrogen and oxygen atoms in total. The van der Waals surface area contributed by atoms with Gasteiger partial charge in [0.25, 0.3) is 5.91 Å². The normalized spacial score (nSPS) is 20.8. The second kappa shape index (κ2) is 8.42. The minimum absolute atomic E-state index is 0.107. The monoisotopic (exact) mass is 420 g/mol. The predicted octanol–water partition coefficient (Wildman–Crippen LogP) is 3.97. The second-order valence-corrected chi connectivity index (χ2v) is 8.91. The number of nitrogens with zero attached hydrogens (tertiary/aromatic N) is 4. The van der Waals surface area contributed by atoms with Crippen molar-refractivity contribution in [1.29, 1.82) is 0 Å². The Balaban J connectivity index is 1.26. The number of likely N-dealkylation sites (tertiary alicyclic amines) is 1. The summed E-state index contributed by atoms with van der Waals surface area (Å²) in [7, 11) is 0. The van der Waals surface area contributed by atoms with Crippen molar-refractivity contribution in [3.05, 3.63) is 65.6 Å². The van der Waals surface area contributed by atoms with Gasteiger partial charge < -0.3 is 9.80 Å². The van der Waals surface area contributed by atoms with Crippen LogP contribution in [0.3, 0.4) is 0 Å². The van der Waals surface area contributed by atoms with Crippen molar-refractivity contribution < 1.29 is 9.18 Å². The van der Waals surface area contributed by atoms with Crippen molar-refractivity contribution in [2.45, 2.75) is 38.8 Å². The molecular formula is C25H29FN4O. The maximum Gasteiger partial charge on any atom is 0.273 e. The van der Waals surface area contributed by atoms with Crippen LogP contribution in [-0.2, 0) is 13.0 Å². The number of carbonyl (C=O) groups excluding carboxylic acids is 1. The zero-order chi connectivity index (χ0) is 21.4. The molecule has 2 atom stereocenters. The van der Waals surface area contributed by atoms with Crippen molar-refractivity contribution in [2.24, 2.45) is 5.92 Å². The summed E-state index contributed by atoms with van der Waals surface area (Å²) in [6, 6.07) is 14.9. The molecule has 0 bridgehead atoms. The second-order valence-electron chi connectivity index (χ2n) is 8.91. The van der Waals surface area contributed by atoms with E-state index in [0.717, 1.165) is 62.0 Å². The summed E-state index contributed by atoms with van der Waals surface area (Å²) in [5, 5.41) is 5.57. The van der Waals surface area contributed by atoms with Gasteiger partial charge in [-0.3, -0.25) is 9.48 Å². The van der Waals surface area contributed by atoms with E-state index in [4.69, 9.17) is 0 Å². The van der Waals surface area contributed by atoms with E-state index in [0.29, 0.717) is 12.5 Å². The first-order valence-electron chi connectivity index (χ1n) is 11.3. The Labute approximate surface area is 182 Å². The van der Waals surface area contributed by atoms with E-state index in [1.165, 1.54) is 17.7 Å². The highest BCUT2D eigenvalue weighted by atomic mass is 19.1.